The first-order valence-corrected chi connectivity index (χ1v) is 10.6. The maximum Gasteiger partial charge on any atom is 0.343 e. The van der Waals surface area contributed by atoms with Gasteiger partial charge in [-0.3, -0.25) is 0 Å². The van der Waals surface area contributed by atoms with Gasteiger partial charge in [-0.05, 0) is 31.9 Å². The van der Waals surface area contributed by atoms with Crippen LogP contribution >= 0.6 is 0 Å². The molecule has 0 aliphatic heterocycles. The van der Waals surface area contributed by atoms with E-state index in [2.05, 4.69) is 16.0 Å². The molecule has 0 saturated carbocycles. The average Bonchev–Trinajstić information content (AvgIpc) is 3.19. The van der Waals surface area contributed by atoms with Crippen LogP contribution in [0.1, 0.15) is 36.9 Å². The van der Waals surface area contributed by atoms with Crippen molar-refractivity contribution in [3.8, 4) is 11.1 Å². The number of benzene rings is 2. The second-order valence-electron chi connectivity index (χ2n) is 7.92. The van der Waals surface area contributed by atoms with Crippen molar-refractivity contribution in [3.05, 3.63) is 82.3 Å². The third-order valence-electron chi connectivity index (χ3n) is 5.84. The maximum atomic E-state index is 12.9. The molecule has 0 aliphatic carbocycles. The molecule has 0 bridgehead atoms. The highest BCUT2D eigenvalue weighted by atomic mass is 16.4. The molecule has 0 radical (unpaired) electrons. The summed E-state index contributed by atoms with van der Waals surface area (Å²) in [6, 6.07) is 15.3. The van der Waals surface area contributed by atoms with Gasteiger partial charge in [-0.2, -0.15) is 5.10 Å². The zero-order chi connectivity index (χ0) is 22.4. The van der Waals surface area contributed by atoms with Gasteiger partial charge in [0.2, 0.25) is 0 Å². The Bertz CT molecular complexity index is 1530. The Morgan fingerprint density at radius 2 is 1.88 bits per heavy atom. The van der Waals surface area contributed by atoms with Crippen LogP contribution in [0.15, 0.2) is 64.1 Å². The second kappa shape index (κ2) is 7.60. The number of aromatic nitrogens is 4. The van der Waals surface area contributed by atoms with E-state index < -0.39 is 6.04 Å². The summed E-state index contributed by atoms with van der Waals surface area (Å²) in [5.41, 5.74) is 10.2. The quantitative estimate of drug-likeness (QED) is 0.449. The first-order chi connectivity index (χ1) is 15.5. The van der Waals surface area contributed by atoms with Gasteiger partial charge in [0, 0.05) is 10.9 Å². The van der Waals surface area contributed by atoms with Gasteiger partial charge in [-0.15, -0.1) is 0 Å². The highest BCUT2D eigenvalue weighted by Gasteiger charge is 2.25. The molecule has 1 atom stereocenters. The molecule has 160 valence electrons. The summed E-state index contributed by atoms with van der Waals surface area (Å²) in [6.07, 6.45) is 2.11. The molecule has 7 heteroatoms. The highest BCUT2D eigenvalue weighted by molar-refractivity contribution is 5.97. The van der Waals surface area contributed by atoms with Crippen LogP contribution in [-0.4, -0.2) is 19.7 Å². The number of nitrogens with zero attached hydrogens (tertiary/aromatic N) is 4. The molecular weight excluding hydrogens is 402 g/mol. The van der Waals surface area contributed by atoms with E-state index in [1.54, 1.807) is 10.7 Å². The van der Waals surface area contributed by atoms with Crippen LogP contribution < -0.4 is 11.4 Å². The van der Waals surface area contributed by atoms with Crippen LogP contribution in [0.5, 0.6) is 0 Å². The van der Waals surface area contributed by atoms with E-state index in [0.29, 0.717) is 29.0 Å². The van der Waals surface area contributed by atoms with Crippen LogP contribution in [0.3, 0.4) is 0 Å². The third kappa shape index (κ3) is 3.05. The lowest BCUT2D eigenvalue weighted by Gasteiger charge is -2.18. The number of rotatable bonds is 4. The van der Waals surface area contributed by atoms with E-state index in [9.17, 15) is 4.79 Å². The van der Waals surface area contributed by atoms with E-state index in [-0.39, 0.29) is 5.63 Å². The zero-order valence-electron chi connectivity index (χ0n) is 18.2. The van der Waals surface area contributed by atoms with E-state index in [1.807, 2.05) is 57.2 Å². The third-order valence-corrected chi connectivity index (χ3v) is 5.84. The Morgan fingerprint density at radius 1 is 1.09 bits per heavy atom. The molecule has 0 spiro atoms. The molecule has 3 aromatic heterocycles. The van der Waals surface area contributed by atoms with Crippen LogP contribution in [-0.2, 0) is 6.42 Å². The fraction of sp³-hybridized carbons (Fsp3) is 0.200. The summed E-state index contributed by atoms with van der Waals surface area (Å²) in [4.78, 5) is 21.5. The first kappa shape index (κ1) is 19.9. The largest absolute Gasteiger partial charge is 0.424 e. The summed E-state index contributed by atoms with van der Waals surface area (Å²) in [5.74, 6) is 0.924. The monoisotopic (exact) mass is 425 g/mol. The Labute approximate surface area is 184 Å². The van der Waals surface area contributed by atoms with Gasteiger partial charge < -0.3 is 10.2 Å². The molecule has 0 aliphatic rings. The summed E-state index contributed by atoms with van der Waals surface area (Å²) >= 11 is 0. The molecule has 3 heterocycles. The van der Waals surface area contributed by atoms with Crippen molar-refractivity contribution < 1.29 is 4.42 Å². The highest BCUT2D eigenvalue weighted by Crippen LogP contribution is 2.36. The van der Waals surface area contributed by atoms with Gasteiger partial charge >= 0.3 is 5.63 Å². The van der Waals surface area contributed by atoms with Crippen molar-refractivity contribution in [1.29, 1.82) is 0 Å². The number of aryl methyl sites for hydroxylation is 2. The predicted molar refractivity (Wildman–Crippen MR) is 126 cm³/mol. The Balaban J connectivity index is 1.84. The number of hydrogen-bond acceptors (Lipinski definition) is 6. The maximum absolute atomic E-state index is 12.9. The predicted octanol–water partition coefficient (Wildman–Crippen LogP) is 4.66. The minimum absolute atomic E-state index is 0.375. The summed E-state index contributed by atoms with van der Waals surface area (Å²) < 4.78 is 7.74. The van der Waals surface area contributed by atoms with Gasteiger partial charge in [-0.25, -0.2) is 19.4 Å². The summed E-state index contributed by atoms with van der Waals surface area (Å²) in [6.45, 7) is 6.01. The van der Waals surface area contributed by atoms with Crippen LogP contribution in [0.25, 0.3) is 32.9 Å². The van der Waals surface area contributed by atoms with Crippen molar-refractivity contribution in [2.24, 2.45) is 0 Å². The molecule has 0 saturated heterocycles. The minimum atomic E-state index is -0.403. The van der Waals surface area contributed by atoms with Crippen molar-refractivity contribution in [1.82, 2.24) is 19.7 Å². The minimum Gasteiger partial charge on any atom is -0.424 e. The molecule has 7 nitrogen and oxygen atoms in total. The number of nitrogen functional groups attached to an aromatic ring is 1. The Hall–Kier alpha value is -4.00. The van der Waals surface area contributed by atoms with E-state index >= 15 is 0 Å². The smallest absolute Gasteiger partial charge is 0.343 e. The van der Waals surface area contributed by atoms with E-state index in [1.165, 1.54) is 6.33 Å². The number of hydrogen-bond donors (Lipinski definition) is 1. The molecule has 0 fully saturated rings. The van der Waals surface area contributed by atoms with Crippen molar-refractivity contribution in [2.45, 2.75) is 33.2 Å². The number of fused-ring (bicyclic) bond motifs is 2. The lowest BCUT2D eigenvalue weighted by atomic mass is 9.95. The van der Waals surface area contributed by atoms with Crippen molar-refractivity contribution in [3.63, 3.8) is 0 Å². The van der Waals surface area contributed by atoms with Crippen LogP contribution in [0.4, 0.5) is 5.82 Å². The molecule has 2 N–H and O–H groups in total. The SMILES string of the molecule is CCc1nn(C(C)c2oc(=O)c3ccccc3c2-c2cccc(C)c2)c2ncnc(N)c12. The van der Waals surface area contributed by atoms with Gasteiger partial charge in [0.25, 0.3) is 0 Å². The van der Waals surface area contributed by atoms with Crippen molar-refractivity contribution >= 4 is 27.6 Å². The molecular formula is C25H23N5O2. The summed E-state index contributed by atoms with van der Waals surface area (Å²) in [5, 5.41) is 6.91. The lowest BCUT2D eigenvalue weighted by Crippen LogP contribution is -2.14. The average molecular weight is 425 g/mol. The normalized spacial score (nSPS) is 12.5. The van der Waals surface area contributed by atoms with Gasteiger partial charge in [-0.1, -0.05) is 55.0 Å². The molecule has 2 aromatic carbocycles. The molecule has 1 unspecified atom stereocenters. The van der Waals surface area contributed by atoms with E-state index in [4.69, 9.17) is 15.2 Å². The van der Waals surface area contributed by atoms with Gasteiger partial charge in [0.15, 0.2) is 5.65 Å². The van der Waals surface area contributed by atoms with Crippen molar-refractivity contribution in [2.75, 3.05) is 5.73 Å². The van der Waals surface area contributed by atoms with Crippen LogP contribution in [0.2, 0.25) is 0 Å². The second-order valence-corrected chi connectivity index (χ2v) is 7.92. The number of nitrogens with two attached hydrogens (primary N) is 1. The summed E-state index contributed by atoms with van der Waals surface area (Å²) in [7, 11) is 0. The Kier molecular flexibility index (Phi) is 4.74. The molecule has 5 aromatic rings. The molecule has 5 rings (SSSR count). The fourth-order valence-electron chi connectivity index (χ4n) is 4.31. The zero-order valence-corrected chi connectivity index (χ0v) is 18.2. The van der Waals surface area contributed by atoms with Gasteiger partial charge in [0.05, 0.1) is 16.5 Å². The lowest BCUT2D eigenvalue weighted by molar-refractivity contribution is 0.404. The standard InChI is InChI=1S/C25H23N5O2/c1-4-19-21-23(26)27-13-28-24(21)30(29-19)15(3)22-20(16-9-7-8-14(2)12-16)17-10-5-6-11-18(17)25(31)32-22/h5-13,15H,4H2,1-3H3,(H2,26,27,28). The Morgan fingerprint density at radius 3 is 2.62 bits per heavy atom. The van der Waals surface area contributed by atoms with Crippen LogP contribution in [0, 0.1) is 6.92 Å². The van der Waals surface area contributed by atoms with Gasteiger partial charge in [0.1, 0.15) is 23.9 Å². The fourth-order valence-corrected chi connectivity index (χ4v) is 4.31. The first-order valence-electron chi connectivity index (χ1n) is 10.6. The number of anilines is 1. The van der Waals surface area contributed by atoms with E-state index in [0.717, 1.165) is 33.2 Å². The topological polar surface area (TPSA) is 99.8 Å². The molecule has 0 amide bonds. The molecule has 32 heavy (non-hydrogen) atoms.